The predicted molar refractivity (Wildman–Crippen MR) is 159 cm³/mol. The van der Waals surface area contributed by atoms with E-state index in [0.29, 0.717) is 21.8 Å². The second-order valence-corrected chi connectivity index (χ2v) is 10.4. The maximum absolute atomic E-state index is 13.3. The molecule has 8 heteroatoms. The summed E-state index contributed by atoms with van der Waals surface area (Å²) < 4.78 is 0. The maximum atomic E-state index is 13.3. The molecule has 39 heavy (non-hydrogen) atoms. The van der Waals surface area contributed by atoms with Crippen LogP contribution in [0.5, 0.6) is 0 Å². The number of para-hydroxylation sites is 1. The summed E-state index contributed by atoms with van der Waals surface area (Å²) in [6.45, 7) is 1.82. The molecule has 0 saturated heterocycles. The van der Waals surface area contributed by atoms with E-state index < -0.39 is 11.8 Å². The lowest BCUT2D eigenvalue weighted by Gasteiger charge is -2.14. The molecule has 0 saturated carbocycles. The zero-order valence-corrected chi connectivity index (χ0v) is 22.6. The molecule has 3 amide bonds. The summed E-state index contributed by atoms with van der Waals surface area (Å²) in [6.07, 6.45) is 1.57. The van der Waals surface area contributed by atoms with Gasteiger partial charge in [0.2, 0.25) is 5.91 Å². The van der Waals surface area contributed by atoms with Gasteiger partial charge in [0.15, 0.2) is 0 Å². The number of rotatable bonds is 9. The molecule has 0 heterocycles. The first-order valence-electron chi connectivity index (χ1n) is 12.1. The van der Waals surface area contributed by atoms with Gasteiger partial charge in [-0.05, 0) is 73.2 Å². The Morgan fingerprint density at radius 3 is 2.15 bits per heavy atom. The number of thioether (sulfide) groups is 1. The van der Waals surface area contributed by atoms with Crippen molar-refractivity contribution in [1.82, 2.24) is 5.32 Å². The topological polar surface area (TPSA) is 87.3 Å². The van der Waals surface area contributed by atoms with Gasteiger partial charge in [0.1, 0.15) is 5.70 Å². The van der Waals surface area contributed by atoms with Gasteiger partial charge >= 0.3 is 0 Å². The van der Waals surface area contributed by atoms with E-state index in [-0.39, 0.29) is 16.9 Å². The summed E-state index contributed by atoms with van der Waals surface area (Å²) in [7, 11) is 0. The molecule has 1 atom stereocenters. The van der Waals surface area contributed by atoms with E-state index in [0.717, 1.165) is 10.6 Å². The van der Waals surface area contributed by atoms with Crippen LogP contribution >= 0.6 is 23.4 Å². The van der Waals surface area contributed by atoms with Gasteiger partial charge in [-0.3, -0.25) is 14.4 Å². The third-order valence-corrected chi connectivity index (χ3v) is 6.83. The van der Waals surface area contributed by atoms with Gasteiger partial charge in [0.05, 0.1) is 5.25 Å². The summed E-state index contributed by atoms with van der Waals surface area (Å²) in [4.78, 5) is 39.6. The Kier molecular flexibility index (Phi) is 9.56. The van der Waals surface area contributed by atoms with Crippen molar-refractivity contribution in [2.45, 2.75) is 17.1 Å². The molecular formula is C31H26ClN3O3S. The smallest absolute Gasteiger partial charge is 0.272 e. The van der Waals surface area contributed by atoms with Gasteiger partial charge in [-0.2, -0.15) is 0 Å². The summed E-state index contributed by atoms with van der Waals surface area (Å²) in [5, 5.41) is 8.59. The molecule has 0 aromatic heterocycles. The minimum atomic E-state index is -0.503. The normalized spacial score (nSPS) is 11.8. The molecule has 4 aromatic rings. The minimum absolute atomic E-state index is 0.0554. The standard InChI is InChI=1S/C31H26ClN3O3S/c1-21(29(36)33-25-14-6-3-7-15-25)39-27-17-9-16-26(20-27)34-31(38)28(19-22-10-8-13-24(32)18-22)35-30(37)23-11-4-2-5-12-23/h2-21H,1H3,(H,33,36)(H,34,38)(H,35,37)/b28-19-. The first-order chi connectivity index (χ1) is 18.9. The molecule has 0 bridgehead atoms. The average molecular weight is 556 g/mol. The van der Waals surface area contributed by atoms with E-state index in [2.05, 4.69) is 16.0 Å². The van der Waals surface area contributed by atoms with Crippen LogP contribution in [0.3, 0.4) is 0 Å². The average Bonchev–Trinajstić information content (AvgIpc) is 2.94. The summed E-state index contributed by atoms with van der Waals surface area (Å²) in [5.41, 5.74) is 2.38. The Hall–Kier alpha value is -4.33. The lowest BCUT2D eigenvalue weighted by Crippen LogP contribution is -2.30. The highest BCUT2D eigenvalue weighted by molar-refractivity contribution is 8.00. The van der Waals surface area contributed by atoms with Crippen LogP contribution in [-0.4, -0.2) is 23.0 Å². The van der Waals surface area contributed by atoms with Crippen LogP contribution < -0.4 is 16.0 Å². The SMILES string of the molecule is CC(Sc1cccc(NC(=O)/C(=C/c2cccc(Cl)c2)NC(=O)c2ccccc2)c1)C(=O)Nc1ccccc1. The molecule has 0 aliphatic heterocycles. The predicted octanol–water partition coefficient (Wildman–Crippen LogP) is 6.87. The van der Waals surface area contributed by atoms with Gasteiger partial charge in [0, 0.05) is 26.9 Å². The number of halogens is 1. The summed E-state index contributed by atoms with van der Waals surface area (Å²) in [6, 6.07) is 32.1. The number of carbonyl (C=O) groups is 3. The van der Waals surface area contributed by atoms with E-state index in [4.69, 9.17) is 11.6 Å². The van der Waals surface area contributed by atoms with Crippen molar-refractivity contribution >= 4 is 58.5 Å². The highest BCUT2D eigenvalue weighted by atomic mass is 35.5. The van der Waals surface area contributed by atoms with Crippen LogP contribution in [-0.2, 0) is 9.59 Å². The summed E-state index contributed by atoms with van der Waals surface area (Å²) in [5.74, 6) is -1.05. The zero-order chi connectivity index (χ0) is 27.6. The molecule has 6 nitrogen and oxygen atoms in total. The molecule has 0 aliphatic carbocycles. The van der Waals surface area contributed by atoms with E-state index in [1.807, 2.05) is 49.4 Å². The number of benzene rings is 4. The Labute approximate surface area is 236 Å². The molecule has 0 fully saturated rings. The number of amides is 3. The Balaban J connectivity index is 1.48. The van der Waals surface area contributed by atoms with Gasteiger partial charge in [0.25, 0.3) is 11.8 Å². The van der Waals surface area contributed by atoms with E-state index in [9.17, 15) is 14.4 Å². The van der Waals surface area contributed by atoms with Crippen LogP contribution in [0.1, 0.15) is 22.8 Å². The number of carbonyl (C=O) groups excluding carboxylic acids is 3. The van der Waals surface area contributed by atoms with Crippen molar-refractivity contribution in [3.05, 3.63) is 131 Å². The minimum Gasteiger partial charge on any atom is -0.325 e. The fraction of sp³-hybridized carbons (Fsp3) is 0.0645. The number of hydrogen-bond acceptors (Lipinski definition) is 4. The molecule has 1 unspecified atom stereocenters. The van der Waals surface area contributed by atoms with E-state index in [1.54, 1.807) is 72.8 Å². The second kappa shape index (κ2) is 13.5. The maximum Gasteiger partial charge on any atom is 0.272 e. The zero-order valence-electron chi connectivity index (χ0n) is 21.1. The Morgan fingerprint density at radius 1 is 0.769 bits per heavy atom. The number of nitrogens with one attached hydrogen (secondary N) is 3. The fourth-order valence-corrected chi connectivity index (χ4v) is 4.70. The lowest BCUT2D eigenvalue weighted by molar-refractivity contribution is -0.115. The third-order valence-electron chi connectivity index (χ3n) is 5.50. The third kappa shape index (κ3) is 8.33. The molecule has 4 aromatic carbocycles. The Bertz CT molecular complexity index is 1490. The van der Waals surface area contributed by atoms with Crippen molar-refractivity contribution in [3.63, 3.8) is 0 Å². The number of hydrogen-bond donors (Lipinski definition) is 3. The van der Waals surface area contributed by atoms with Crippen LogP contribution in [0.15, 0.2) is 120 Å². The molecule has 196 valence electrons. The molecule has 0 aliphatic rings. The first-order valence-corrected chi connectivity index (χ1v) is 13.4. The van der Waals surface area contributed by atoms with Gasteiger partial charge in [-0.1, -0.05) is 66.2 Å². The van der Waals surface area contributed by atoms with Crippen LogP contribution in [0, 0.1) is 0 Å². The van der Waals surface area contributed by atoms with E-state index in [1.165, 1.54) is 11.8 Å². The largest absolute Gasteiger partial charge is 0.325 e. The highest BCUT2D eigenvalue weighted by Crippen LogP contribution is 2.27. The van der Waals surface area contributed by atoms with Crippen LogP contribution in [0.25, 0.3) is 6.08 Å². The quantitative estimate of drug-likeness (QED) is 0.155. The number of anilines is 2. The van der Waals surface area contributed by atoms with Crippen molar-refractivity contribution < 1.29 is 14.4 Å². The van der Waals surface area contributed by atoms with Gasteiger partial charge in [-0.25, -0.2) is 0 Å². The van der Waals surface area contributed by atoms with Crippen LogP contribution in [0.2, 0.25) is 5.02 Å². The Morgan fingerprint density at radius 2 is 1.44 bits per heavy atom. The fourth-order valence-electron chi connectivity index (χ4n) is 3.57. The monoisotopic (exact) mass is 555 g/mol. The van der Waals surface area contributed by atoms with Crippen molar-refractivity contribution in [1.29, 1.82) is 0 Å². The molecular weight excluding hydrogens is 530 g/mol. The highest BCUT2D eigenvalue weighted by Gasteiger charge is 2.17. The van der Waals surface area contributed by atoms with E-state index >= 15 is 0 Å². The second-order valence-electron chi connectivity index (χ2n) is 8.53. The summed E-state index contributed by atoms with van der Waals surface area (Å²) >= 11 is 7.49. The van der Waals surface area contributed by atoms with Gasteiger partial charge in [-0.15, -0.1) is 11.8 Å². The lowest BCUT2D eigenvalue weighted by atomic mass is 10.1. The first kappa shape index (κ1) is 27.7. The van der Waals surface area contributed by atoms with Crippen molar-refractivity contribution in [3.8, 4) is 0 Å². The molecule has 0 spiro atoms. The van der Waals surface area contributed by atoms with Crippen LogP contribution in [0.4, 0.5) is 11.4 Å². The molecule has 4 rings (SSSR count). The van der Waals surface area contributed by atoms with Gasteiger partial charge < -0.3 is 16.0 Å². The van der Waals surface area contributed by atoms with Crippen molar-refractivity contribution in [2.24, 2.45) is 0 Å². The molecule has 0 radical (unpaired) electrons. The van der Waals surface area contributed by atoms with Crippen molar-refractivity contribution in [2.75, 3.05) is 10.6 Å². The molecule has 3 N–H and O–H groups in total.